The Morgan fingerprint density at radius 1 is 1.08 bits per heavy atom. The topological polar surface area (TPSA) is 35.9 Å². The molecule has 1 fully saturated rings. The second-order valence-electron chi connectivity index (χ2n) is 6.16. The monoisotopic (exact) mass is 424 g/mol. The standard InChI is InChI=1S/C19H22BrClN2O2/c20-18-6-1-2-7-19(18)25-14-17(24)13-22-8-10-23(11-9-22)16-5-3-4-15(21)12-16/h1-7,12,17,24H,8-11,13-14H2. The maximum Gasteiger partial charge on any atom is 0.133 e. The highest BCUT2D eigenvalue weighted by molar-refractivity contribution is 9.10. The first-order valence-corrected chi connectivity index (χ1v) is 9.57. The van der Waals surface area contributed by atoms with Crippen LogP contribution in [-0.4, -0.2) is 55.4 Å². The van der Waals surface area contributed by atoms with Gasteiger partial charge >= 0.3 is 0 Å². The lowest BCUT2D eigenvalue weighted by atomic mass is 10.2. The van der Waals surface area contributed by atoms with Crippen molar-refractivity contribution < 1.29 is 9.84 Å². The molecular weight excluding hydrogens is 404 g/mol. The van der Waals surface area contributed by atoms with Crippen LogP contribution in [0.3, 0.4) is 0 Å². The quantitative estimate of drug-likeness (QED) is 0.766. The summed E-state index contributed by atoms with van der Waals surface area (Å²) in [5, 5.41) is 11.0. The largest absolute Gasteiger partial charge is 0.490 e. The predicted molar refractivity (Wildman–Crippen MR) is 106 cm³/mol. The van der Waals surface area contributed by atoms with Crippen LogP contribution in [-0.2, 0) is 0 Å². The third-order valence-corrected chi connectivity index (χ3v) is 5.17. The number of para-hydroxylation sites is 1. The van der Waals surface area contributed by atoms with E-state index in [2.05, 4.69) is 31.8 Å². The number of hydrogen-bond donors (Lipinski definition) is 1. The second-order valence-corrected chi connectivity index (χ2v) is 7.45. The molecule has 0 spiro atoms. The Morgan fingerprint density at radius 2 is 1.84 bits per heavy atom. The number of aliphatic hydroxyl groups is 1. The normalized spacial score (nSPS) is 16.7. The van der Waals surface area contributed by atoms with Gasteiger partial charge in [-0.2, -0.15) is 0 Å². The number of nitrogens with zero attached hydrogens (tertiary/aromatic N) is 2. The molecule has 0 amide bonds. The van der Waals surface area contributed by atoms with E-state index in [9.17, 15) is 5.11 Å². The van der Waals surface area contributed by atoms with Crippen molar-refractivity contribution in [2.75, 3.05) is 44.2 Å². The van der Waals surface area contributed by atoms with Crippen molar-refractivity contribution >= 4 is 33.2 Å². The van der Waals surface area contributed by atoms with E-state index in [1.807, 2.05) is 42.5 Å². The average molecular weight is 426 g/mol. The third-order valence-electron chi connectivity index (χ3n) is 4.28. The van der Waals surface area contributed by atoms with E-state index < -0.39 is 6.10 Å². The van der Waals surface area contributed by atoms with Crippen molar-refractivity contribution in [3.63, 3.8) is 0 Å². The zero-order chi connectivity index (χ0) is 17.6. The number of rotatable bonds is 6. The summed E-state index contributed by atoms with van der Waals surface area (Å²) in [6, 6.07) is 15.6. The molecular formula is C19H22BrClN2O2. The van der Waals surface area contributed by atoms with Crippen LogP contribution in [0, 0.1) is 0 Å². The molecule has 0 saturated carbocycles. The fourth-order valence-corrected chi connectivity index (χ4v) is 3.54. The molecule has 25 heavy (non-hydrogen) atoms. The molecule has 6 heteroatoms. The fraction of sp³-hybridized carbons (Fsp3) is 0.368. The molecule has 0 aromatic heterocycles. The van der Waals surface area contributed by atoms with Gasteiger partial charge in [0, 0.05) is 43.4 Å². The number of anilines is 1. The van der Waals surface area contributed by atoms with Crippen molar-refractivity contribution in [2.24, 2.45) is 0 Å². The molecule has 3 rings (SSSR count). The lowest BCUT2D eigenvalue weighted by Gasteiger charge is -2.36. The van der Waals surface area contributed by atoms with Gasteiger partial charge in [-0.3, -0.25) is 4.90 Å². The van der Waals surface area contributed by atoms with Gasteiger partial charge in [0.25, 0.3) is 0 Å². The van der Waals surface area contributed by atoms with Crippen LogP contribution in [0.15, 0.2) is 53.0 Å². The minimum atomic E-state index is -0.509. The maximum absolute atomic E-state index is 10.3. The summed E-state index contributed by atoms with van der Waals surface area (Å²) < 4.78 is 6.60. The summed E-state index contributed by atoms with van der Waals surface area (Å²) in [5.41, 5.74) is 1.16. The molecule has 1 saturated heterocycles. The first-order valence-electron chi connectivity index (χ1n) is 8.40. The van der Waals surface area contributed by atoms with Crippen LogP contribution >= 0.6 is 27.5 Å². The smallest absolute Gasteiger partial charge is 0.133 e. The summed E-state index contributed by atoms with van der Waals surface area (Å²) in [7, 11) is 0. The van der Waals surface area contributed by atoms with Crippen LogP contribution in [0.2, 0.25) is 5.02 Å². The van der Waals surface area contributed by atoms with Gasteiger partial charge in [0.15, 0.2) is 0 Å². The zero-order valence-electron chi connectivity index (χ0n) is 13.9. The Kier molecular flexibility index (Phi) is 6.59. The average Bonchev–Trinajstić information content (AvgIpc) is 2.62. The maximum atomic E-state index is 10.3. The molecule has 0 bridgehead atoms. The second kappa shape index (κ2) is 8.90. The Bertz CT molecular complexity index is 693. The van der Waals surface area contributed by atoms with E-state index in [0.717, 1.165) is 47.1 Å². The molecule has 1 aliphatic rings. The fourth-order valence-electron chi connectivity index (χ4n) is 2.96. The van der Waals surface area contributed by atoms with E-state index in [-0.39, 0.29) is 6.61 Å². The van der Waals surface area contributed by atoms with Gasteiger partial charge in [-0.1, -0.05) is 29.8 Å². The number of ether oxygens (including phenoxy) is 1. The van der Waals surface area contributed by atoms with Gasteiger partial charge in [0.05, 0.1) is 4.47 Å². The number of β-amino-alcohol motifs (C(OH)–C–C–N with tert-alkyl or cyclic N) is 1. The van der Waals surface area contributed by atoms with E-state index in [0.29, 0.717) is 6.54 Å². The molecule has 1 N–H and O–H groups in total. The van der Waals surface area contributed by atoms with Crippen molar-refractivity contribution in [2.45, 2.75) is 6.10 Å². The van der Waals surface area contributed by atoms with Crippen LogP contribution in [0.1, 0.15) is 0 Å². The SMILES string of the molecule is OC(COc1ccccc1Br)CN1CCN(c2cccc(Cl)c2)CC1. The Hall–Kier alpha value is -1.27. The minimum Gasteiger partial charge on any atom is -0.490 e. The number of aliphatic hydroxyl groups excluding tert-OH is 1. The Balaban J connectivity index is 1.43. The number of piperazine rings is 1. The highest BCUT2D eigenvalue weighted by atomic mass is 79.9. The molecule has 1 unspecified atom stereocenters. The molecule has 134 valence electrons. The summed E-state index contributed by atoms with van der Waals surface area (Å²) in [4.78, 5) is 4.60. The van der Waals surface area contributed by atoms with Gasteiger partial charge in [0.1, 0.15) is 18.5 Å². The lowest BCUT2D eigenvalue weighted by Crippen LogP contribution is -2.49. The number of hydrogen-bond acceptors (Lipinski definition) is 4. The van der Waals surface area contributed by atoms with E-state index in [4.69, 9.17) is 16.3 Å². The van der Waals surface area contributed by atoms with E-state index in [1.54, 1.807) is 0 Å². The highest BCUT2D eigenvalue weighted by Crippen LogP contribution is 2.24. The molecule has 1 aliphatic heterocycles. The summed E-state index contributed by atoms with van der Waals surface area (Å²) in [5.74, 6) is 0.757. The zero-order valence-corrected chi connectivity index (χ0v) is 16.3. The first kappa shape index (κ1) is 18.5. The van der Waals surface area contributed by atoms with Gasteiger partial charge < -0.3 is 14.7 Å². The highest BCUT2D eigenvalue weighted by Gasteiger charge is 2.20. The van der Waals surface area contributed by atoms with E-state index >= 15 is 0 Å². The van der Waals surface area contributed by atoms with Gasteiger partial charge in [-0.25, -0.2) is 0 Å². The first-order chi connectivity index (χ1) is 12.1. The molecule has 0 aliphatic carbocycles. The molecule has 1 heterocycles. The van der Waals surface area contributed by atoms with Crippen LogP contribution in [0.4, 0.5) is 5.69 Å². The lowest BCUT2D eigenvalue weighted by molar-refractivity contribution is 0.0660. The number of benzene rings is 2. The minimum absolute atomic E-state index is 0.289. The summed E-state index contributed by atoms with van der Waals surface area (Å²) in [6.45, 7) is 4.60. The van der Waals surface area contributed by atoms with Crippen molar-refractivity contribution in [1.29, 1.82) is 0 Å². The van der Waals surface area contributed by atoms with Crippen LogP contribution < -0.4 is 9.64 Å². The molecule has 0 radical (unpaired) electrons. The van der Waals surface area contributed by atoms with Gasteiger partial charge in [0.2, 0.25) is 0 Å². The van der Waals surface area contributed by atoms with Crippen LogP contribution in [0.5, 0.6) is 5.75 Å². The molecule has 4 nitrogen and oxygen atoms in total. The summed E-state index contributed by atoms with van der Waals surface area (Å²) in [6.07, 6.45) is -0.509. The third kappa shape index (κ3) is 5.35. The summed E-state index contributed by atoms with van der Waals surface area (Å²) >= 11 is 9.52. The van der Waals surface area contributed by atoms with Gasteiger partial charge in [-0.15, -0.1) is 0 Å². The molecule has 2 aromatic carbocycles. The Labute approximate surface area is 162 Å². The van der Waals surface area contributed by atoms with Crippen molar-refractivity contribution in [3.8, 4) is 5.75 Å². The Morgan fingerprint density at radius 3 is 2.56 bits per heavy atom. The van der Waals surface area contributed by atoms with Gasteiger partial charge in [-0.05, 0) is 46.3 Å². The number of halogens is 2. The predicted octanol–water partition coefficient (Wildman–Crippen LogP) is 3.66. The molecule has 2 aromatic rings. The molecule has 1 atom stereocenters. The van der Waals surface area contributed by atoms with Crippen molar-refractivity contribution in [3.05, 3.63) is 58.0 Å². The van der Waals surface area contributed by atoms with Crippen molar-refractivity contribution in [1.82, 2.24) is 4.90 Å². The van der Waals surface area contributed by atoms with Crippen LogP contribution in [0.25, 0.3) is 0 Å². The van der Waals surface area contributed by atoms with E-state index in [1.165, 1.54) is 0 Å².